The van der Waals surface area contributed by atoms with Gasteiger partial charge in [0.15, 0.2) is 5.76 Å². The third-order valence-electron chi connectivity index (χ3n) is 2.22. The molecule has 0 atom stereocenters. The lowest BCUT2D eigenvalue weighted by Crippen LogP contribution is -2.25. The molecule has 2 heterocycles. The maximum Gasteiger partial charge on any atom is 0.338 e. The van der Waals surface area contributed by atoms with Crippen LogP contribution in [0.2, 0.25) is 0 Å². The van der Waals surface area contributed by atoms with Crippen LogP contribution in [0, 0.1) is 0 Å². The summed E-state index contributed by atoms with van der Waals surface area (Å²) in [5.74, 6) is -1.57. The van der Waals surface area contributed by atoms with Crippen molar-refractivity contribution in [3.05, 3.63) is 40.2 Å². The smallest absolute Gasteiger partial charge is 0.338 e. The van der Waals surface area contributed by atoms with Gasteiger partial charge in [-0.3, -0.25) is 4.79 Å². The molecule has 6 nitrogen and oxygen atoms in total. The molecule has 0 aliphatic rings. The first kappa shape index (κ1) is 12.3. The SMILES string of the molecule is O=C(O)c1coc(C(=O)NCCc2cscn2)c1. The predicted molar refractivity (Wildman–Crippen MR) is 63.8 cm³/mol. The maximum absolute atomic E-state index is 11.6. The second-order valence-corrected chi connectivity index (χ2v) is 4.21. The first-order chi connectivity index (χ1) is 8.66. The number of furan rings is 1. The molecule has 2 rings (SSSR count). The maximum atomic E-state index is 11.6. The minimum atomic E-state index is -1.12. The van der Waals surface area contributed by atoms with Crippen molar-refractivity contribution in [2.24, 2.45) is 0 Å². The summed E-state index contributed by atoms with van der Waals surface area (Å²) in [7, 11) is 0. The topological polar surface area (TPSA) is 92.4 Å². The molecule has 0 bridgehead atoms. The molecule has 0 unspecified atom stereocenters. The number of aromatic carboxylic acids is 1. The van der Waals surface area contributed by atoms with Gasteiger partial charge in [0, 0.05) is 24.4 Å². The van der Waals surface area contributed by atoms with E-state index in [9.17, 15) is 9.59 Å². The Morgan fingerprint density at radius 3 is 2.94 bits per heavy atom. The van der Waals surface area contributed by atoms with E-state index in [-0.39, 0.29) is 11.3 Å². The van der Waals surface area contributed by atoms with E-state index < -0.39 is 11.9 Å². The molecule has 2 aromatic heterocycles. The highest BCUT2D eigenvalue weighted by Crippen LogP contribution is 2.07. The molecule has 94 valence electrons. The van der Waals surface area contributed by atoms with E-state index in [1.807, 2.05) is 5.38 Å². The fraction of sp³-hybridized carbons (Fsp3) is 0.182. The van der Waals surface area contributed by atoms with E-state index in [0.29, 0.717) is 13.0 Å². The van der Waals surface area contributed by atoms with Gasteiger partial charge in [-0.05, 0) is 0 Å². The first-order valence-corrected chi connectivity index (χ1v) is 6.08. The highest BCUT2D eigenvalue weighted by Gasteiger charge is 2.14. The molecule has 0 spiro atoms. The van der Waals surface area contributed by atoms with Crippen molar-refractivity contribution in [3.63, 3.8) is 0 Å². The van der Waals surface area contributed by atoms with Crippen molar-refractivity contribution in [2.75, 3.05) is 6.54 Å². The number of carbonyl (C=O) groups is 2. The Morgan fingerprint density at radius 2 is 2.33 bits per heavy atom. The van der Waals surface area contributed by atoms with Crippen LogP contribution in [-0.4, -0.2) is 28.5 Å². The minimum Gasteiger partial charge on any atom is -0.478 e. The molecule has 0 aromatic carbocycles. The van der Waals surface area contributed by atoms with E-state index in [1.165, 1.54) is 17.4 Å². The van der Waals surface area contributed by atoms with Crippen molar-refractivity contribution < 1.29 is 19.1 Å². The van der Waals surface area contributed by atoms with E-state index in [4.69, 9.17) is 9.52 Å². The number of hydrogen-bond donors (Lipinski definition) is 2. The van der Waals surface area contributed by atoms with Gasteiger partial charge in [-0.25, -0.2) is 9.78 Å². The molecule has 0 aliphatic carbocycles. The van der Waals surface area contributed by atoms with Crippen molar-refractivity contribution in [2.45, 2.75) is 6.42 Å². The lowest BCUT2D eigenvalue weighted by molar-refractivity contribution is 0.0696. The van der Waals surface area contributed by atoms with E-state index in [0.717, 1.165) is 12.0 Å². The molecule has 0 radical (unpaired) electrons. The number of rotatable bonds is 5. The number of carboxylic acids is 1. The Labute approximate surface area is 106 Å². The first-order valence-electron chi connectivity index (χ1n) is 5.14. The van der Waals surface area contributed by atoms with Crippen LogP contribution in [0.15, 0.2) is 27.6 Å². The number of amides is 1. The summed E-state index contributed by atoms with van der Waals surface area (Å²) in [6.07, 6.45) is 1.67. The lowest BCUT2D eigenvalue weighted by Gasteiger charge is -2.00. The number of carboxylic acid groups (broad SMARTS) is 1. The van der Waals surface area contributed by atoms with E-state index in [2.05, 4.69) is 10.3 Å². The monoisotopic (exact) mass is 266 g/mol. The summed E-state index contributed by atoms with van der Waals surface area (Å²) in [6, 6.07) is 1.19. The van der Waals surface area contributed by atoms with Crippen molar-refractivity contribution >= 4 is 23.2 Å². The number of nitrogens with one attached hydrogen (secondary N) is 1. The molecule has 0 fully saturated rings. The largest absolute Gasteiger partial charge is 0.478 e. The van der Waals surface area contributed by atoms with Crippen LogP contribution in [0.1, 0.15) is 26.6 Å². The van der Waals surface area contributed by atoms with Gasteiger partial charge in [-0.2, -0.15) is 0 Å². The fourth-order valence-electron chi connectivity index (χ4n) is 1.32. The average Bonchev–Trinajstić information content (AvgIpc) is 2.99. The summed E-state index contributed by atoms with van der Waals surface area (Å²) >= 11 is 1.49. The number of carbonyl (C=O) groups excluding carboxylic acids is 1. The molecule has 2 N–H and O–H groups in total. The highest BCUT2D eigenvalue weighted by atomic mass is 32.1. The van der Waals surface area contributed by atoms with Gasteiger partial charge in [0.2, 0.25) is 0 Å². The quantitative estimate of drug-likeness (QED) is 0.853. The van der Waals surface area contributed by atoms with Crippen LogP contribution in [0.4, 0.5) is 0 Å². The van der Waals surface area contributed by atoms with Crippen LogP contribution in [0.25, 0.3) is 0 Å². The molecule has 1 amide bonds. The fourth-order valence-corrected chi connectivity index (χ4v) is 1.91. The second kappa shape index (κ2) is 5.46. The standard InChI is InChI=1S/C11H10N2O4S/c14-10(9-3-7(4-17-9)11(15)16)12-2-1-8-5-18-6-13-8/h3-6H,1-2H2,(H,12,14)(H,15,16). The Hall–Kier alpha value is -2.15. The van der Waals surface area contributed by atoms with E-state index in [1.54, 1.807) is 5.51 Å². The number of hydrogen-bond acceptors (Lipinski definition) is 5. The van der Waals surface area contributed by atoms with Gasteiger partial charge in [0.05, 0.1) is 16.8 Å². The third kappa shape index (κ3) is 2.95. The second-order valence-electron chi connectivity index (χ2n) is 3.49. The number of aromatic nitrogens is 1. The van der Waals surface area contributed by atoms with Gasteiger partial charge in [-0.1, -0.05) is 0 Å². The van der Waals surface area contributed by atoms with Crippen molar-refractivity contribution in [1.82, 2.24) is 10.3 Å². The van der Waals surface area contributed by atoms with Crippen LogP contribution < -0.4 is 5.32 Å². The zero-order valence-electron chi connectivity index (χ0n) is 9.25. The number of nitrogens with zero attached hydrogens (tertiary/aromatic N) is 1. The summed E-state index contributed by atoms with van der Waals surface area (Å²) in [5, 5.41) is 13.2. The van der Waals surface area contributed by atoms with E-state index >= 15 is 0 Å². The van der Waals surface area contributed by atoms with Crippen LogP contribution in [0.5, 0.6) is 0 Å². The summed E-state index contributed by atoms with van der Waals surface area (Å²) in [6.45, 7) is 0.422. The summed E-state index contributed by atoms with van der Waals surface area (Å²) in [4.78, 5) is 26.3. The molecular weight excluding hydrogens is 256 g/mol. The molecule has 0 saturated heterocycles. The third-order valence-corrected chi connectivity index (χ3v) is 2.86. The Balaban J connectivity index is 1.85. The Morgan fingerprint density at radius 1 is 1.50 bits per heavy atom. The Kier molecular flexibility index (Phi) is 3.73. The van der Waals surface area contributed by atoms with Crippen LogP contribution in [-0.2, 0) is 6.42 Å². The van der Waals surface area contributed by atoms with Gasteiger partial charge in [0.25, 0.3) is 5.91 Å². The minimum absolute atomic E-state index is 0.00863. The lowest BCUT2D eigenvalue weighted by atomic mass is 10.3. The molecule has 0 saturated carbocycles. The van der Waals surface area contributed by atoms with Crippen molar-refractivity contribution in [3.8, 4) is 0 Å². The summed E-state index contributed by atoms with van der Waals surface area (Å²) < 4.78 is 4.87. The van der Waals surface area contributed by atoms with Crippen LogP contribution >= 0.6 is 11.3 Å². The van der Waals surface area contributed by atoms with Gasteiger partial charge >= 0.3 is 5.97 Å². The van der Waals surface area contributed by atoms with Crippen molar-refractivity contribution in [1.29, 1.82) is 0 Å². The zero-order valence-corrected chi connectivity index (χ0v) is 10.1. The zero-order chi connectivity index (χ0) is 13.0. The number of thiazole rings is 1. The van der Waals surface area contributed by atoms with Crippen LogP contribution in [0.3, 0.4) is 0 Å². The van der Waals surface area contributed by atoms with Gasteiger partial charge in [-0.15, -0.1) is 11.3 Å². The highest BCUT2D eigenvalue weighted by molar-refractivity contribution is 7.07. The molecule has 7 heteroatoms. The molecule has 2 aromatic rings. The van der Waals surface area contributed by atoms with Gasteiger partial charge < -0.3 is 14.8 Å². The molecule has 18 heavy (non-hydrogen) atoms. The normalized spacial score (nSPS) is 10.2. The molecular formula is C11H10N2O4S. The van der Waals surface area contributed by atoms with Gasteiger partial charge in [0.1, 0.15) is 6.26 Å². The predicted octanol–water partition coefficient (Wildman–Crippen LogP) is 1.41. The Bertz CT molecular complexity index is 547. The average molecular weight is 266 g/mol. The summed E-state index contributed by atoms with van der Waals surface area (Å²) in [5.41, 5.74) is 2.59. The molecule has 0 aliphatic heterocycles.